The molecule has 1 unspecified atom stereocenters. The fourth-order valence-corrected chi connectivity index (χ4v) is 14.7. The highest BCUT2D eigenvalue weighted by Crippen LogP contribution is 2.60. The van der Waals surface area contributed by atoms with E-state index in [0.717, 1.165) is 107 Å². The second-order valence-corrected chi connectivity index (χ2v) is 23.8. The van der Waals surface area contributed by atoms with Crippen LogP contribution in [0, 0.1) is 23.2 Å². The maximum Gasteiger partial charge on any atom is 0.270 e. The number of piperidine rings is 1. The number of amides is 5. The van der Waals surface area contributed by atoms with Crippen molar-refractivity contribution in [3.63, 3.8) is 0 Å². The third-order valence-electron chi connectivity index (χ3n) is 17.2. The zero-order chi connectivity index (χ0) is 53.9. The predicted octanol–water partition coefficient (Wildman–Crippen LogP) is 10.4. The van der Waals surface area contributed by atoms with Gasteiger partial charge in [0.1, 0.15) is 11.5 Å². The van der Waals surface area contributed by atoms with Gasteiger partial charge in [0, 0.05) is 80.1 Å². The van der Waals surface area contributed by atoms with Crippen LogP contribution < -0.4 is 31.9 Å². The van der Waals surface area contributed by atoms with Gasteiger partial charge in [-0.3, -0.25) is 44.3 Å². The van der Waals surface area contributed by atoms with Crippen molar-refractivity contribution in [2.75, 3.05) is 35.2 Å². The van der Waals surface area contributed by atoms with Gasteiger partial charge >= 0.3 is 0 Å². The van der Waals surface area contributed by atoms with Gasteiger partial charge in [-0.05, 0) is 142 Å². The van der Waals surface area contributed by atoms with Gasteiger partial charge in [-0.25, -0.2) is 9.97 Å². The summed E-state index contributed by atoms with van der Waals surface area (Å²) in [6.45, 7) is 4.41. The van der Waals surface area contributed by atoms with E-state index in [0.29, 0.717) is 83.6 Å². The van der Waals surface area contributed by atoms with Crippen molar-refractivity contribution < 1.29 is 24.0 Å². The molecule has 6 N–H and O–H groups in total. The normalized spacial score (nSPS) is 21.9. The molecule has 2 aliphatic heterocycles. The van der Waals surface area contributed by atoms with Crippen molar-refractivity contribution in [1.29, 1.82) is 0 Å². The van der Waals surface area contributed by atoms with Crippen molar-refractivity contribution in [2.45, 2.75) is 129 Å². The monoisotopic (exact) mass is 1070 g/mol. The first kappa shape index (κ1) is 52.8. The first-order valence-corrected chi connectivity index (χ1v) is 29.1. The number of imide groups is 1. The number of hydrogen-bond acceptors (Lipinski definition) is 12. The lowest BCUT2D eigenvalue weighted by Gasteiger charge is -2.56. The van der Waals surface area contributed by atoms with Crippen LogP contribution in [0.4, 0.5) is 16.6 Å². The molecule has 78 heavy (non-hydrogen) atoms. The molecule has 4 bridgehead atoms. The minimum atomic E-state index is -0.519. The van der Waals surface area contributed by atoms with Crippen molar-refractivity contribution in [1.82, 2.24) is 30.4 Å². The highest BCUT2D eigenvalue weighted by Gasteiger charge is 2.50. The Morgan fingerprint density at radius 1 is 0.833 bits per heavy atom. The number of carbonyl (C=O) groups is 5. The minimum Gasteiger partial charge on any atom is -0.404 e. The Kier molecular flexibility index (Phi) is 15.5. The van der Waals surface area contributed by atoms with Gasteiger partial charge in [0.05, 0.1) is 33.0 Å². The zero-order valence-electron chi connectivity index (χ0n) is 44.9. The first-order chi connectivity index (χ1) is 37.9. The molecule has 0 spiro atoms. The molecule has 17 heteroatoms. The number of aromatic nitrogens is 4. The van der Waals surface area contributed by atoms with Gasteiger partial charge in [-0.1, -0.05) is 79.8 Å². The summed E-state index contributed by atoms with van der Waals surface area (Å²) >= 11 is 1.45. The Morgan fingerprint density at radius 2 is 1.58 bits per heavy atom. The molecule has 5 amide bonds. The predicted molar refractivity (Wildman–Crippen MR) is 307 cm³/mol. The van der Waals surface area contributed by atoms with Crippen LogP contribution in [0.3, 0.4) is 0 Å². The summed E-state index contributed by atoms with van der Waals surface area (Å²) in [5, 5.41) is 17.7. The number of fused-ring (bicyclic) bond motifs is 3. The summed E-state index contributed by atoms with van der Waals surface area (Å²) in [6, 6.07) is 23.3. The van der Waals surface area contributed by atoms with E-state index in [2.05, 4.69) is 42.3 Å². The lowest BCUT2D eigenvalue weighted by molar-refractivity contribution is -0.134. The van der Waals surface area contributed by atoms with Crippen LogP contribution in [0.5, 0.6) is 0 Å². The van der Waals surface area contributed by atoms with E-state index in [-0.39, 0.29) is 41.4 Å². The maximum absolute atomic E-state index is 14.4. The molecule has 0 radical (unpaired) electrons. The number of aliphatic imine (C=N–C) groups is 1. The summed E-state index contributed by atoms with van der Waals surface area (Å²) in [6.07, 6.45) is 17.7. The second-order valence-electron chi connectivity index (χ2n) is 22.8. The third-order valence-corrected chi connectivity index (χ3v) is 18.2. The third kappa shape index (κ3) is 11.3. The second kappa shape index (κ2) is 23.0. The summed E-state index contributed by atoms with van der Waals surface area (Å²) < 4.78 is 2.70. The number of nitrogens with two attached hydrogens (primary N) is 1. The molecule has 406 valence electrons. The van der Waals surface area contributed by atoms with Gasteiger partial charge in [0.15, 0.2) is 5.13 Å². The number of aryl methyl sites for hydroxylation is 1. The van der Waals surface area contributed by atoms with Gasteiger partial charge in [-0.2, -0.15) is 5.10 Å². The number of pyridine rings is 1. The number of para-hydroxylation sites is 2. The van der Waals surface area contributed by atoms with Gasteiger partial charge in [-0.15, -0.1) is 0 Å². The Bertz CT molecular complexity index is 3290. The van der Waals surface area contributed by atoms with Crippen molar-refractivity contribution in [3.8, 4) is 0 Å². The van der Waals surface area contributed by atoms with Gasteiger partial charge < -0.3 is 21.3 Å². The molecule has 5 fully saturated rings. The van der Waals surface area contributed by atoms with E-state index in [4.69, 9.17) is 15.7 Å². The number of unbranched alkanes of at least 4 members (excludes halogenated alkanes) is 6. The highest BCUT2D eigenvalue weighted by molar-refractivity contribution is 7.22. The first-order valence-electron chi connectivity index (χ1n) is 28.3. The van der Waals surface area contributed by atoms with Gasteiger partial charge in [0.25, 0.3) is 11.8 Å². The lowest BCUT2D eigenvalue weighted by Crippen LogP contribution is -2.47. The number of nitrogens with one attached hydrogen (secondary N) is 4. The fraction of sp³-hybridized carbons (Fsp3) is 0.459. The topological polar surface area (TPSA) is 219 Å². The quantitative estimate of drug-likeness (QED) is 0.0277. The number of anilines is 3. The standard InChI is InChI=1S/C61H71N11O5S/c1-37(64-36-61-31-38-28-39(32-61)30-40(29-38)33-61)46(34-62)42-21-23-51(72-27-25-41-14-12-15-43(47(41)35-72)57(75)69-60-66-48-17-9-10-19-50(48)78-60)67-55(42)59(77)63-26-11-7-5-3-4-6-8-20-52(73)65-49-18-13-16-44-54(70-71(2)56(44)49)45-22-24-53(74)68-58(45)76/h9-10,12-19,21,23,34,38-40,45H,3-8,11,20,22,24-33,35-36,62H2,1-2H3,(H,63,77)(H,65,73)(H,66,69,75)(H,68,74,76). The molecule has 12 rings (SSSR count). The number of nitrogens with zero attached hydrogens (tertiary/aromatic N) is 6. The molecule has 1 atom stereocenters. The molecule has 6 aromatic rings. The smallest absolute Gasteiger partial charge is 0.270 e. The van der Waals surface area contributed by atoms with Crippen LogP contribution in [-0.4, -0.2) is 74.6 Å². The van der Waals surface area contributed by atoms with Crippen molar-refractivity contribution in [2.24, 2.45) is 40.9 Å². The van der Waals surface area contributed by atoms with Gasteiger partial charge in [0.2, 0.25) is 17.7 Å². The van der Waals surface area contributed by atoms with Crippen LogP contribution in [0.15, 0.2) is 84.0 Å². The molecular weight excluding hydrogens is 999 g/mol. The Labute approximate surface area is 459 Å². The largest absolute Gasteiger partial charge is 0.404 e. The molecule has 1 saturated heterocycles. The lowest BCUT2D eigenvalue weighted by atomic mass is 9.49. The van der Waals surface area contributed by atoms with E-state index >= 15 is 0 Å². The molecule has 6 aliphatic rings. The van der Waals surface area contributed by atoms with Crippen LogP contribution in [-0.2, 0) is 34.4 Å². The summed E-state index contributed by atoms with van der Waals surface area (Å²) in [5.41, 5.74) is 14.7. The molecule has 4 saturated carbocycles. The van der Waals surface area contributed by atoms with Crippen molar-refractivity contribution in [3.05, 3.63) is 113 Å². The average Bonchev–Trinajstić information content (AvgIpc) is 4.06. The number of benzene rings is 3. The van der Waals surface area contributed by atoms with E-state index in [1.165, 1.54) is 49.9 Å². The fourth-order valence-electron chi connectivity index (χ4n) is 13.8. The molecule has 5 heterocycles. The average molecular weight is 1070 g/mol. The molecule has 4 aliphatic carbocycles. The van der Waals surface area contributed by atoms with E-state index in [9.17, 15) is 24.0 Å². The van der Waals surface area contributed by atoms with Crippen molar-refractivity contribution >= 4 is 89.9 Å². The number of carbonyl (C=O) groups excluding carboxylic acids is 5. The maximum atomic E-state index is 14.4. The SMILES string of the molecule is CC(=NCC12CC3CC(CC(C3)C1)C2)C(=CN)c1ccc(N2CCc3cccc(C(=O)Nc4nc5ccccc5s4)c3C2)nc1C(=O)NCCCCCCCCCC(=O)Nc1cccc2c(C3CCC(=O)NC3=O)nn(C)c12. The van der Waals surface area contributed by atoms with E-state index in [1.807, 2.05) is 73.7 Å². The highest BCUT2D eigenvalue weighted by atomic mass is 32.1. The van der Waals surface area contributed by atoms with E-state index < -0.39 is 5.92 Å². The number of allylic oxidation sites excluding steroid dienone is 1. The molecule has 3 aromatic heterocycles. The summed E-state index contributed by atoms with van der Waals surface area (Å²) in [5.74, 6) is 1.46. The van der Waals surface area contributed by atoms with Crippen LogP contribution >= 0.6 is 11.3 Å². The number of hydrogen-bond donors (Lipinski definition) is 5. The van der Waals surface area contributed by atoms with Crippen LogP contribution in [0.1, 0.15) is 159 Å². The summed E-state index contributed by atoms with van der Waals surface area (Å²) in [7, 11) is 1.80. The Morgan fingerprint density at radius 3 is 2.33 bits per heavy atom. The molecular formula is C61H71N11O5S. The number of rotatable bonds is 20. The van der Waals surface area contributed by atoms with E-state index in [1.54, 1.807) is 17.9 Å². The zero-order valence-corrected chi connectivity index (χ0v) is 45.7. The minimum absolute atomic E-state index is 0.0731. The van der Waals surface area contributed by atoms with Crippen LogP contribution in [0.2, 0.25) is 0 Å². The Balaban J connectivity index is 0.701. The van der Waals surface area contributed by atoms with Crippen LogP contribution in [0.25, 0.3) is 26.7 Å². The number of thiazole rings is 1. The molecule has 3 aromatic carbocycles. The summed E-state index contributed by atoms with van der Waals surface area (Å²) in [4.78, 5) is 83.0. The molecule has 16 nitrogen and oxygen atoms in total. The Hall–Kier alpha value is -7.27.